The Morgan fingerprint density at radius 1 is 1.00 bits per heavy atom. The summed E-state index contributed by atoms with van der Waals surface area (Å²) in [6.45, 7) is -0.446. The quantitative estimate of drug-likeness (QED) is 0.719. The molecule has 0 aliphatic carbocycles. The van der Waals surface area contributed by atoms with Gasteiger partial charge in [-0.2, -0.15) is 0 Å². The van der Waals surface area contributed by atoms with Crippen molar-refractivity contribution in [1.29, 1.82) is 0 Å². The molecule has 0 fully saturated rings. The maximum atomic E-state index is 13.1. The zero-order valence-electron chi connectivity index (χ0n) is 15.7. The molecule has 0 bridgehead atoms. The number of carbonyl (C=O) groups is 3. The molecule has 3 aromatic carbocycles. The van der Waals surface area contributed by atoms with Crippen molar-refractivity contribution < 1.29 is 19.5 Å². The van der Waals surface area contributed by atoms with E-state index in [1.54, 1.807) is 24.3 Å². The van der Waals surface area contributed by atoms with Gasteiger partial charge in [-0.15, -0.1) is 0 Å². The van der Waals surface area contributed by atoms with Gasteiger partial charge in [0.1, 0.15) is 12.6 Å². The van der Waals surface area contributed by atoms with E-state index in [-0.39, 0.29) is 5.91 Å². The summed E-state index contributed by atoms with van der Waals surface area (Å²) in [6, 6.07) is 19.6. The normalized spacial score (nSPS) is 16.2. The van der Waals surface area contributed by atoms with Crippen molar-refractivity contribution >= 4 is 34.2 Å². The molecule has 0 saturated heterocycles. The van der Waals surface area contributed by atoms with Gasteiger partial charge in [0.05, 0.1) is 0 Å². The van der Waals surface area contributed by atoms with Gasteiger partial charge in [-0.05, 0) is 47.4 Å². The summed E-state index contributed by atoms with van der Waals surface area (Å²) >= 11 is 0. The Kier molecular flexibility index (Phi) is 4.99. The second kappa shape index (κ2) is 7.75. The van der Waals surface area contributed by atoms with Crippen LogP contribution in [0.1, 0.15) is 22.3 Å². The second-order valence-electron chi connectivity index (χ2n) is 7.07. The fourth-order valence-electron chi connectivity index (χ4n) is 3.72. The van der Waals surface area contributed by atoms with E-state index in [0.29, 0.717) is 24.1 Å². The van der Waals surface area contributed by atoms with Crippen LogP contribution in [0, 0.1) is 0 Å². The summed E-state index contributed by atoms with van der Waals surface area (Å²) in [5.41, 5.74) is 1.94. The van der Waals surface area contributed by atoms with Crippen molar-refractivity contribution in [2.45, 2.75) is 18.9 Å². The number of aryl methyl sites for hydroxylation is 1. The van der Waals surface area contributed by atoms with Crippen molar-refractivity contribution in [1.82, 2.24) is 5.32 Å². The second-order valence-corrected chi connectivity index (χ2v) is 7.07. The highest BCUT2D eigenvalue weighted by Crippen LogP contribution is 2.27. The molecule has 0 aromatic heterocycles. The number of nitrogens with zero attached hydrogens (tertiary/aromatic N) is 1. The monoisotopic (exact) mass is 388 g/mol. The average Bonchev–Trinajstić information content (AvgIpc) is 2.85. The van der Waals surface area contributed by atoms with Gasteiger partial charge in [-0.25, -0.2) is 0 Å². The lowest BCUT2D eigenvalue weighted by molar-refractivity contribution is -0.136. The van der Waals surface area contributed by atoms with E-state index >= 15 is 0 Å². The van der Waals surface area contributed by atoms with Gasteiger partial charge in [0.15, 0.2) is 0 Å². The summed E-state index contributed by atoms with van der Waals surface area (Å²) in [5, 5.41) is 14.0. The van der Waals surface area contributed by atoms with E-state index in [0.717, 1.165) is 16.3 Å². The molecular weight excluding hydrogens is 368 g/mol. The van der Waals surface area contributed by atoms with E-state index in [4.69, 9.17) is 0 Å². The fourth-order valence-corrected chi connectivity index (χ4v) is 3.72. The van der Waals surface area contributed by atoms with E-state index < -0.39 is 24.5 Å². The molecule has 1 aliphatic rings. The largest absolute Gasteiger partial charge is 0.480 e. The summed E-state index contributed by atoms with van der Waals surface area (Å²) in [6.07, 6.45) is 0.978. The van der Waals surface area contributed by atoms with Crippen LogP contribution in [-0.2, 0) is 16.0 Å². The number of benzene rings is 3. The van der Waals surface area contributed by atoms with Crippen LogP contribution in [0.4, 0.5) is 5.69 Å². The minimum atomic E-state index is -1.10. The molecule has 4 rings (SSSR count). The van der Waals surface area contributed by atoms with Gasteiger partial charge in [0, 0.05) is 11.3 Å². The van der Waals surface area contributed by atoms with Crippen molar-refractivity contribution in [3.05, 3.63) is 77.9 Å². The number of anilines is 1. The molecule has 6 nitrogen and oxygen atoms in total. The van der Waals surface area contributed by atoms with Crippen LogP contribution < -0.4 is 10.2 Å². The first-order chi connectivity index (χ1) is 14.0. The van der Waals surface area contributed by atoms with Crippen LogP contribution in [0.15, 0.2) is 66.7 Å². The van der Waals surface area contributed by atoms with E-state index in [1.165, 1.54) is 4.90 Å². The Morgan fingerprint density at radius 2 is 1.72 bits per heavy atom. The topological polar surface area (TPSA) is 86.7 Å². The molecule has 1 heterocycles. The Morgan fingerprint density at radius 3 is 2.52 bits per heavy atom. The summed E-state index contributed by atoms with van der Waals surface area (Å²) in [7, 11) is 0. The van der Waals surface area contributed by atoms with Gasteiger partial charge in [-0.3, -0.25) is 19.3 Å². The fraction of sp³-hybridized carbons (Fsp3) is 0.174. The van der Waals surface area contributed by atoms with E-state index in [9.17, 15) is 19.5 Å². The number of aliphatic carboxylic acids is 1. The van der Waals surface area contributed by atoms with Crippen LogP contribution in [0.3, 0.4) is 0 Å². The van der Waals surface area contributed by atoms with Gasteiger partial charge in [0.2, 0.25) is 5.91 Å². The number of hydrogen-bond acceptors (Lipinski definition) is 3. The van der Waals surface area contributed by atoms with Gasteiger partial charge in [-0.1, -0.05) is 48.5 Å². The predicted octanol–water partition coefficient (Wildman–Crippen LogP) is 3.00. The molecule has 6 heteroatoms. The number of carbonyl (C=O) groups excluding carboxylic acids is 2. The van der Waals surface area contributed by atoms with Crippen LogP contribution >= 0.6 is 0 Å². The maximum absolute atomic E-state index is 13.1. The number of carboxylic acid groups (broad SMARTS) is 1. The van der Waals surface area contributed by atoms with Crippen LogP contribution in [0.25, 0.3) is 10.8 Å². The van der Waals surface area contributed by atoms with Crippen molar-refractivity contribution in [2.24, 2.45) is 0 Å². The Bertz CT molecular complexity index is 1110. The first-order valence-electron chi connectivity index (χ1n) is 9.43. The zero-order valence-corrected chi connectivity index (χ0v) is 15.7. The van der Waals surface area contributed by atoms with Gasteiger partial charge >= 0.3 is 5.97 Å². The average molecular weight is 388 g/mol. The third-order valence-electron chi connectivity index (χ3n) is 5.16. The van der Waals surface area contributed by atoms with Crippen molar-refractivity contribution in [2.75, 3.05) is 11.4 Å². The molecule has 0 radical (unpaired) electrons. The lowest BCUT2D eigenvalue weighted by Gasteiger charge is -2.24. The number of carboxylic acids is 1. The molecule has 146 valence electrons. The molecule has 0 saturated carbocycles. The smallest absolute Gasteiger partial charge is 0.323 e. The standard InChI is InChI=1S/C23H20N2O4/c26-21(27)14-25-20-8-4-3-6-16(20)11-12-19(23(25)29)24-22(28)18-10-9-15-5-1-2-7-17(15)13-18/h1-10,13,19H,11-12,14H2,(H,24,28)(H,26,27). The lowest BCUT2D eigenvalue weighted by atomic mass is 10.0. The minimum Gasteiger partial charge on any atom is -0.480 e. The van der Waals surface area contributed by atoms with Crippen molar-refractivity contribution in [3.8, 4) is 0 Å². The number of para-hydroxylation sites is 1. The highest BCUT2D eigenvalue weighted by atomic mass is 16.4. The highest BCUT2D eigenvalue weighted by molar-refractivity contribution is 6.05. The third-order valence-corrected chi connectivity index (χ3v) is 5.16. The first kappa shape index (κ1) is 18.7. The summed E-state index contributed by atoms with van der Waals surface area (Å²) < 4.78 is 0. The zero-order chi connectivity index (χ0) is 20.4. The van der Waals surface area contributed by atoms with Gasteiger partial charge in [0.25, 0.3) is 5.91 Å². The summed E-state index contributed by atoms with van der Waals surface area (Å²) in [5.74, 6) is -1.86. The predicted molar refractivity (Wildman–Crippen MR) is 110 cm³/mol. The van der Waals surface area contributed by atoms with Crippen LogP contribution in [0.5, 0.6) is 0 Å². The highest BCUT2D eigenvalue weighted by Gasteiger charge is 2.32. The Labute approximate surface area is 167 Å². The minimum absolute atomic E-state index is 0.352. The Balaban J connectivity index is 1.60. The molecular formula is C23H20N2O4. The first-order valence-corrected chi connectivity index (χ1v) is 9.43. The lowest BCUT2D eigenvalue weighted by Crippen LogP contribution is -2.49. The molecule has 1 unspecified atom stereocenters. The summed E-state index contributed by atoms with van der Waals surface area (Å²) in [4.78, 5) is 38.5. The molecule has 0 spiro atoms. The molecule has 3 aromatic rings. The number of amides is 2. The SMILES string of the molecule is O=C(O)CN1C(=O)C(NC(=O)c2ccc3ccccc3c2)CCc2ccccc21. The van der Waals surface area contributed by atoms with E-state index in [2.05, 4.69) is 5.32 Å². The number of fused-ring (bicyclic) bond motifs is 2. The number of nitrogens with one attached hydrogen (secondary N) is 1. The molecule has 2 N–H and O–H groups in total. The maximum Gasteiger partial charge on any atom is 0.323 e. The van der Waals surface area contributed by atoms with Gasteiger partial charge < -0.3 is 10.4 Å². The van der Waals surface area contributed by atoms with Crippen LogP contribution in [0.2, 0.25) is 0 Å². The van der Waals surface area contributed by atoms with E-state index in [1.807, 2.05) is 42.5 Å². The molecule has 1 atom stereocenters. The Hall–Kier alpha value is -3.67. The molecule has 29 heavy (non-hydrogen) atoms. The molecule has 2 amide bonds. The molecule has 1 aliphatic heterocycles. The third kappa shape index (κ3) is 3.82. The van der Waals surface area contributed by atoms with Crippen molar-refractivity contribution in [3.63, 3.8) is 0 Å². The van der Waals surface area contributed by atoms with Crippen LogP contribution in [-0.4, -0.2) is 35.5 Å². The number of rotatable bonds is 4. The number of hydrogen-bond donors (Lipinski definition) is 2.